The van der Waals surface area contributed by atoms with Crippen LogP contribution in [-0.4, -0.2) is 28.4 Å². The van der Waals surface area contributed by atoms with Crippen molar-refractivity contribution >= 4 is 5.91 Å². The van der Waals surface area contributed by atoms with E-state index < -0.39 is 0 Å². The maximum atomic E-state index is 12.4. The first kappa shape index (κ1) is 16.0. The summed E-state index contributed by atoms with van der Waals surface area (Å²) < 4.78 is 7.52. The smallest absolute Gasteiger partial charge is 0.225 e. The summed E-state index contributed by atoms with van der Waals surface area (Å²) in [6.07, 6.45) is 3.72. The average Bonchev–Trinajstić information content (AvgIpc) is 2.80. The molecule has 0 radical (unpaired) electrons. The summed E-state index contributed by atoms with van der Waals surface area (Å²) in [4.78, 5) is 12.4. The van der Waals surface area contributed by atoms with Crippen molar-refractivity contribution in [3.8, 4) is 0 Å². The summed E-state index contributed by atoms with van der Waals surface area (Å²) in [6, 6.07) is 0. The Kier molecular flexibility index (Phi) is 5.39. The second-order valence-corrected chi connectivity index (χ2v) is 5.75. The summed E-state index contributed by atoms with van der Waals surface area (Å²) >= 11 is 0. The molecular formula is C16H27N3O2. The fraction of sp³-hybridized carbons (Fsp3) is 0.750. The van der Waals surface area contributed by atoms with Crippen LogP contribution in [0.3, 0.4) is 0 Å². The minimum atomic E-state index is -0.0226. The zero-order valence-electron chi connectivity index (χ0n) is 13.6. The summed E-state index contributed by atoms with van der Waals surface area (Å²) in [7, 11) is 1.97. The summed E-state index contributed by atoms with van der Waals surface area (Å²) in [5.74, 6) is 0.0840. The van der Waals surface area contributed by atoms with Gasteiger partial charge in [0, 0.05) is 31.5 Å². The Morgan fingerprint density at radius 1 is 1.43 bits per heavy atom. The van der Waals surface area contributed by atoms with Crippen molar-refractivity contribution < 1.29 is 9.53 Å². The van der Waals surface area contributed by atoms with Crippen molar-refractivity contribution in [1.82, 2.24) is 15.1 Å². The predicted octanol–water partition coefficient (Wildman–Crippen LogP) is 1.98. The van der Waals surface area contributed by atoms with Gasteiger partial charge >= 0.3 is 0 Å². The van der Waals surface area contributed by atoms with Gasteiger partial charge in [0.15, 0.2) is 0 Å². The molecule has 1 aromatic rings. The lowest BCUT2D eigenvalue weighted by Gasteiger charge is -2.28. The van der Waals surface area contributed by atoms with Gasteiger partial charge in [0.05, 0.1) is 17.7 Å². The molecule has 0 spiro atoms. The van der Waals surface area contributed by atoms with E-state index in [4.69, 9.17) is 4.74 Å². The second-order valence-electron chi connectivity index (χ2n) is 5.75. The number of amides is 1. The fourth-order valence-electron chi connectivity index (χ4n) is 3.17. The molecule has 0 aromatic carbocycles. The lowest BCUT2D eigenvalue weighted by molar-refractivity contribution is -0.133. The zero-order chi connectivity index (χ0) is 15.4. The van der Waals surface area contributed by atoms with E-state index in [0.29, 0.717) is 6.54 Å². The fourth-order valence-corrected chi connectivity index (χ4v) is 3.17. The molecule has 1 N–H and O–H groups in total. The monoisotopic (exact) mass is 293 g/mol. The van der Waals surface area contributed by atoms with Crippen molar-refractivity contribution in [1.29, 1.82) is 0 Å². The third-order valence-corrected chi connectivity index (χ3v) is 4.41. The molecular weight excluding hydrogens is 266 g/mol. The Bertz CT molecular complexity index is 496. The molecule has 1 fully saturated rings. The Balaban J connectivity index is 2.04. The van der Waals surface area contributed by atoms with E-state index in [0.717, 1.165) is 38.0 Å². The molecule has 0 bridgehead atoms. The average molecular weight is 293 g/mol. The molecule has 1 aliphatic rings. The lowest BCUT2D eigenvalue weighted by atomic mass is 9.94. The van der Waals surface area contributed by atoms with E-state index in [2.05, 4.69) is 24.3 Å². The van der Waals surface area contributed by atoms with Gasteiger partial charge in [0.2, 0.25) is 5.91 Å². The Morgan fingerprint density at radius 3 is 2.81 bits per heavy atom. The number of aromatic nitrogens is 2. The number of hydrogen-bond donors (Lipinski definition) is 1. The molecule has 2 atom stereocenters. The highest BCUT2D eigenvalue weighted by Crippen LogP contribution is 2.21. The van der Waals surface area contributed by atoms with Gasteiger partial charge in [-0.3, -0.25) is 9.48 Å². The Hall–Kier alpha value is -1.36. The largest absolute Gasteiger partial charge is 0.378 e. The molecule has 2 heterocycles. The van der Waals surface area contributed by atoms with Gasteiger partial charge in [0.25, 0.3) is 0 Å². The van der Waals surface area contributed by atoms with Gasteiger partial charge < -0.3 is 10.1 Å². The van der Waals surface area contributed by atoms with E-state index in [-0.39, 0.29) is 17.9 Å². The summed E-state index contributed by atoms with van der Waals surface area (Å²) in [5.41, 5.74) is 3.47. The molecule has 5 heteroatoms. The number of nitrogens with zero attached hydrogens (tertiary/aromatic N) is 2. The van der Waals surface area contributed by atoms with E-state index in [1.165, 1.54) is 11.3 Å². The highest BCUT2D eigenvalue weighted by molar-refractivity contribution is 5.79. The van der Waals surface area contributed by atoms with E-state index in [1.807, 2.05) is 18.7 Å². The molecule has 5 nitrogen and oxygen atoms in total. The van der Waals surface area contributed by atoms with Crippen LogP contribution in [0.15, 0.2) is 0 Å². The van der Waals surface area contributed by atoms with E-state index in [9.17, 15) is 4.79 Å². The number of nitrogens with one attached hydrogen (secondary N) is 1. The highest BCUT2D eigenvalue weighted by Gasteiger charge is 2.28. The van der Waals surface area contributed by atoms with Gasteiger partial charge in [-0.15, -0.1) is 0 Å². The molecule has 1 aliphatic heterocycles. The topological polar surface area (TPSA) is 56.2 Å². The number of carbonyl (C=O) groups excluding carboxylic acids is 1. The van der Waals surface area contributed by atoms with Gasteiger partial charge in [-0.2, -0.15) is 5.10 Å². The number of aryl methyl sites for hydroxylation is 2. The first-order chi connectivity index (χ1) is 10.1. The molecule has 0 unspecified atom stereocenters. The Labute approximate surface area is 127 Å². The van der Waals surface area contributed by atoms with E-state index >= 15 is 0 Å². The zero-order valence-corrected chi connectivity index (χ0v) is 13.6. The number of hydrogen-bond acceptors (Lipinski definition) is 3. The minimum Gasteiger partial charge on any atom is -0.378 e. The minimum absolute atomic E-state index is 0.0175. The number of carbonyl (C=O) groups is 1. The normalized spacial score (nSPS) is 22.3. The standard InChI is InChI=1S/C16H27N3O2/c1-5-14-13(15(6-2)19(4)18-14)10-17-16(20)12-8-7-9-21-11(12)3/h11-12H,5-10H2,1-4H3,(H,17,20)/t11-,12-/m0/s1. The number of rotatable bonds is 5. The van der Waals surface area contributed by atoms with Gasteiger partial charge in [-0.05, 0) is 32.6 Å². The molecule has 1 saturated heterocycles. The van der Waals surface area contributed by atoms with Crippen molar-refractivity contribution in [2.24, 2.45) is 13.0 Å². The van der Waals surface area contributed by atoms with Crippen LogP contribution < -0.4 is 5.32 Å². The van der Waals surface area contributed by atoms with Crippen molar-refractivity contribution in [3.63, 3.8) is 0 Å². The third-order valence-electron chi connectivity index (χ3n) is 4.41. The van der Waals surface area contributed by atoms with Crippen molar-refractivity contribution in [2.75, 3.05) is 6.61 Å². The molecule has 1 amide bonds. The van der Waals surface area contributed by atoms with E-state index in [1.54, 1.807) is 0 Å². The van der Waals surface area contributed by atoms with Crippen LogP contribution in [0.4, 0.5) is 0 Å². The molecule has 0 aliphatic carbocycles. The van der Waals surface area contributed by atoms with Crippen LogP contribution >= 0.6 is 0 Å². The molecule has 2 rings (SSSR count). The van der Waals surface area contributed by atoms with Crippen LogP contribution in [0.5, 0.6) is 0 Å². The molecule has 0 saturated carbocycles. The predicted molar refractivity (Wildman–Crippen MR) is 81.9 cm³/mol. The molecule has 118 valence electrons. The molecule has 1 aromatic heterocycles. The number of ether oxygens (including phenoxy) is 1. The maximum absolute atomic E-state index is 12.4. The van der Waals surface area contributed by atoms with Crippen molar-refractivity contribution in [2.45, 2.75) is 59.1 Å². The third kappa shape index (κ3) is 3.46. The summed E-state index contributed by atoms with van der Waals surface area (Å²) in [5, 5.41) is 7.64. The highest BCUT2D eigenvalue weighted by atomic mass is 16.5. The van der Waals surface area contributed by atoms with Crippen molar-refractivity contribution in [3.05, 3.63) is 17.0 Å². The van der Waals surface area contributed by atoms with Crippen LogP contribution in [0.25, 0.3) is 0 Å². The van der Waals surface area contributed by atoms with Gasteiger partial charge in [-0.25, -0.2) is 0 Å². The second kappa shape index (κ2) is 7.07. The lowest BCUT2D eigenvalue weighted by Crippen LogP contribution is -2.40. The quantitative estimate of drug-likeness (QED) is 0.903. The molecule has 21 heavy (non-hydrogen) atoms. The SMILES string of the molecule is CCc1nn(C)c(CC)c1CNC(=O)[C@H]1CCCO[C@H]1C. The first-order valence-corrected chi connectivity index (χ1v) is 8.01. The van der Waals surface area contributed by atoms with Crippen LogP contribution in [0.2, 0.25) is 0 Å². The summed E-state index contributed by atoms with van der Waals surface area (Å²) in [6.45, 7) is 7.56. The first-order valence-electron chi connectivity index (χ1n) is 8.01. The van der Waals surface area contributed by atoms with Crippen LogP contribution in [0.1, 0.15) is 50.6 Å². The van der Waals surface area contributed by atoms with Gasteiger partial charge in [-0.1, -0.05) is 13.8 Å². The van der Waals surface area contributed by atoms with Crippen LogP contribution in [0, 0.1) is 5.92 Å². The van der Waals surface area contributed by atoms with Gasteiger partial charge in [0.1, 0.15) is 0 Å². The maximum Gasteiger partial charge on any atom is 0.225 e. The Morgan fingerprint density at radius 2 is 2.19 bits per heavy atom. The van der Waals surface area contributed by atoms with Crippen LogP contribution in [-0.2, 0) is 36.0 Å².